The largest absolute Gasteiger partial charge is 0.369 e. The summed E-state index contributed by atoms with van der Waals surface area (Å²) in [4.78, 5) is 13.5. The molecule has 3 aromatic heterocycles. The highest BCUT2D eigenvalue weighted by atomic mass is 15.0. The third-order valence-electron chi connectivity index (χ3n) is 5.89. The molecule has 0 saturated heterocycles. The Balaban J connectivity index is 1.27. The maximum absolute atomic E-state index is 4.69. The molecule has 0 unspecified atom stereocenters. The van der Waals surface area contributed by atoms with E-state index >= 15 is 0 Å². The highest BCUT2D eigenvalue weighted by molar-refractivity contribution is 5.93. The molecule has 0 aliphatic carbocycles. The van der Waals surface area contributed by atoms with E-state index < -0.39 is 0 Å². The summed E-state index contributed by atoms with van der Waals surface area (Å²) in [6, 6.07) is 25.5. The third kappa shape index (κ3) is 4.75. The predicted molar refractivity (Wildman–Crippen MR) is 136 cm³/mol. The molecule has 0 bridgehead atoms. The Morgan fingerprint density at radius 3 is 2.24 bits per heavy atom. The average Bonchev–Trinajstić information content (AvgIpc) is 2.85. The normalized spacial score (nSPS) is 11.0. The Bertz CT molecular complexity index is 1390. The predicted octanol–water partition coefficient (Wildman–Crippen LogP) is 6.63. The van der Waals surface area contributed by atoms with Crippen molar-refractivity contribution in [2.24, 2.45) is 0 Å². The minimum absolute atomic E-state index is 0.805. The number of benzene rings is 2. The van der Waals surface area contributed by atoms with E-state index in [0.29, 0.717) is 0 Å². The lowest BCUT2D eigenvalue weighted by molar-refractivity contribution is 1.01. The summed E-state index contributed by atoms with van der Waals surface area (Å²) < 4.78 is 0. The van der Waals surface area contributed by atoms with Gasteiger partial charge in [-0.05, 0) is 66.6 Å². The van der Waals surface area contributed by atoms with Crippen LogP contribution in [0.25, 0.3) is 33.2 Å². The fourth-order valence-electron chi connectivity index (χ4n) is 4.01. The van der Waals surface area contributed by atoms with Crippen LogP contribution in [0.4, 0.5) is 5.82 Å². The van der Waals surface area contributed by atoms with Crippen LogP contribution in [0.5, 0.6) is 0 Å². The molecule has 33 heavy (non-hydrogen) atoms. The number of fused-ring (bicyclic) bond motifs is 1. The molecule has 0 aliphatic rings. The number of hydrogen-bond donors (Lipinski definition) is 1. The van der Waals surface area contributed by atoms with Crippen LogP contribution in [0.3, 0.4) is 0 Å². The fraction of sp³-hybridized carbons (Fsp3) is 0.138. The molecule has 4 heteroatoms. The smallest absolute Gasteiger partial charge is 0.135 e. The number of nitrogens with one attached hydrogen (secondary N) is 1. The van der Waals surface area contributed by atoms with E-state index in [9.17, 15) is 0 Å². The lowest BCUT2D eigenvalue weighted by atomic mass is 10.0. The maximum atomic E-state index is 4.69. The van der Waals surface area contributed by atoms with Crippen LogP contribution in [0, 0.1) is 13.8 Å². The number of aryl methyl sites for hydroxylation is 2. The Hall–Kier alpha value is -4.05. The molecule has 0 radical (unpaired) electrons. The molecule has 0 aliphatic heterocycles. The van der Waals surface area contributed by atoms with Crippen LogP contribution in [0.1, 0.15) is 16.8 Å². The van der Waals surface area contributed by atoms with Gasteiger partial charge in [-0.3, -0.25) is 9.97 Å². The first-order valence-electron chi connectivity index (χ1n) is 11.2. The van der Waals surface area contributed by atoms with Crippen molar-refractivity contribution in [2.75, 3.05) is 11.9 Å². The topological polar surface area (TPSA) is 50.7 Å². The molecular formula is C29H26N4. The van der Waals surface area contributed by atoms with Gasteiger partial charge in [0, 0.05) is 41.8 Å². The summed E-state index contributed by atoms with van der Waals surface area (Å²) in [5.74, 6) is 0.874. The van der Waals surface area contributed by atoms with Crippen LogP contribution >= 0.6 is 0 Å². The number of rotatable bonds is 6. The first-order valence-corrected chi connectivity index (χ1v) is 11.2. The molecule has 3 heterocycles. The highest BCUT2D eigenvalue weighted by Crippen LogP contribution is 2.26. The molecule has 0 amide bonds. The van der Waals surface area contributed by atoms with Crippen LogP contribution in [-0.2, 0) is 6.42 Å². The molecule has 2 aromatic carbocycles. The van der Waals surface area contributed by atoms with Gasteiger partial charge in [0.25, 0.3) is 0 Å². The van der Waals surface area contributed by atoms with Gasteiger partial charge in [-0.1, -0.05) is 54.1 Å². The van der Waals surface area contributed by atoms with Crippen molar-refractivity contribution < 1.29 is 0 Å². The van der Waals surface area contributed by atoms with E-state index in [1.807, 2.05) is 37.6 Å². The zero-order chi connectivity index (χ0) is 22.6. The van der Waals surface area contributed by atoms with Gasteiger partial charge in [0.05, 0.1) is 5.69 Å². The second kappa shape index (κ2) is 9.21. The number of anilines is 1. The molecule has 162 valence electrons. The van der Waals surface area contributed by atoms with E-state index in [1.54, 1.807) is 0 Å². The molecule has 5 rings (SSSR count). The van der Waals surface area contributed by atoms with Crippen molar-refractivity contribution in [3.05, 3.63) is 108 Å². The molecule has 5 aromatic rings. The second-order valence-electron chi connectivity index (χ2n) is 8.38. The van der Waals surface area contributed by atoms with Crippen LogP contribution < -0.4 is 5.32 Å². The Kier molecular flexibility index (Phi) is 5.81. The quantitative estimate of drug-likeness (QED) is 0.328. The van der Waals surface area contributed by atoms with Crippen molar-refractivity contribution >= 4 is 16.6 Å². The fourth-order valence-corrected chi connectivity index (χ4v) is 4.01. The van der Waals surface area contributed by atoms with Crippen molar-refractivity contribution in [1.29, 1.82) is 0 Å². The SMILES string of the molecule is Cc1ccc(-c2cc3ccnc(NCCc4ccc(-c5ccnc(C)c5)cc4)c3cn2)cc1. The van der Waals surface area contributed by atoms with Crippen molar-refractivity contribution in [3.8, 4) is 22.4 Å². The molecule has 0 fully saturated rings. The molecule has 0 saturated carbocycles. The monoisotopic (exact) mass is 430 g/mol. The van der Waals surface area contributed by atoms with Crippen LogP contribution in [0.15, 0.2) is 91.4 Å². The van der Waals surface area contributed by atoms with E-state index in [4.69, 9.17) is 4.98 Å². The number of hydrogen-bond acceptors (Lipinski definition) is 4. The molecule has 1 N–H and O–H groups in total. The molecule has 0 atom stereocenters. The first kappa shape index (κ1) is 20.8. The lowest BCUT2D eigenvalue weighted by Gasteiger charge is -2.10. The van der Waals surface area contributed by atoms with Gasteiger partial charge >= 0.3 is 0 Å². The molecule has 0 spiro atoms. The van der Waals surface area contributed by atoms with E-state index in [0.717, 1.165) is 46.5 Å². The van der Waals surface area contributed by atoms with Gasteiger partial charge in [-0.25, -0.2) is 4.98 Å². The second-order valence-corrected chi connectivity index (χ2v) is 8.38. The minimum atomic E-state index is 0.805. The summed E-state index contributed by atoms with van der Waals surface area (Å²) in [5, 5.41) is 5.67. The summed E-state index contributed by atoms with van der Waals surface area (Å²) in [5.41, 5.74) is 8.08. The molecular weight excluding hydrogens is 404 g/mol. The first-order chi connectivity index (χ1) is 16.2. The average molecular weight is 431 g/mol. The van der Waals surface area contributed by atoms with E-state index in [-0.39, 0.29) is 0 Å². The van der Waals surface area contributed by atoms with Gasteiger partial charge in [0.15, 0.2) is 0 Å². The van der Waals surface area contributed by atoms with Crippen LogP contribution in [0.2, 0.25) is 0 Å². The Labute approximate surface area is 194 Å². The zero-order valence-corrected chi connectivity index (χ0v) is 18.9. The van der Waals surface area contributed by atoms with Crippen molar-refractivity contribution in [1.82, 2.24) is 15.0 Å². The van der Waals surface area contributed by atoms with Gasteiger partial charge in [0.2, 0.25) is 0 Å². The van der Waals surface area contributed by atoms with E-state index in [1.165, 1.54) is 22.3 Å². The number of aromatic nitrogens is 3. The number of pyridine rings is 3. The Morgan fingerprint density at radius 2 is 1.45 bits per heavy atom. The Morgan fingerprint density at radius 1 is 0.697 bits per heavy atom. The summed E-state index contributed by atoms with van der Waals surface area (Å²) >= 11 is 0. The van der Waals surface area contributed by atoms with Crippen molar-refractivity contribution in [2.45, 2.75) is 20.3 Å². The van der Waals surface area contributed by atoms with Crippen LogP contribution in [-0.4, -0.2) is 21.5 Å². The summed E-state index contributed by atoms with van der Waals surface area (Å²) in [7, 11) is 0. The van der Waals surface area contributed by atoms with Gasteiger partial charge in [-0.15, -0.1) is 0 Å². The number of nitrogens with zero attached hydrogens (tertiary/aromatic N) is 3. The third-order valence-corrected chi connectivity index (χ3v) is 5.89. The van der Waals surface area contributed by atoms with E-state index in [2.05, 4.69) is 82.9 Å². The van der Waals surface area contributed by atoms with Gasteiger partial charge in [0.1, 0.15) is 5.82 Å². The summed E-state index contributed by atoms with van der Waals surface area (Å²) in [6.07, 6.45) is 6.56. The standard InChI is InChI=1S/C29H26N4/c1-20-3-7-24(8-4-20)28-18-26-13-16-32-29(27(26)19-33-28)31-14-11-22-5-9-23(10-6-22)25-12-15-30-21(2)17-25/h3-10,12-13,15-19H,11,14H2,1-2H3,(H,31,32). The maximum Gasteiger partial charge on any atom is 0.135 e. The van der Waals surface area contributed by atoms with Gasteiger partial charge < -0.3 is 5.32 Å². The van der Waals surface area contributed by atoms with Crippen molar-refractivity contribution in [3.63, 3.8) is 0 Å². The van der Waals surface area contributed by atoms with Gasteiger partial charge in [-0.2, -0.15) is 0 Å². The molecule has 4 nitrogen and oxygen atoms in total. The minimum Gasteiger partial charge on any atom is -0.369 e. The highest BCUT2D eigenvalue weighted by Gasteiger charge is 2.06. The lowest BCUT2D eigenvalue weighted by Crippen LogP contribution is -2.06. The zero-order valence-electron chi connectivity index (χ0n) is 18.9. The summed E-state index contributed by atoms with van der Waals surface area (Å²) in [6.45, 7) is 4.92.